The van der Waals surface area contributed by atoms with Crippen molar-refractivity contribution in [2.75, 3.05) is 26.2 Å². The average molecular weight is 359 g/mol. The number of nitrogens with one attached hydrogen (secondary N) is 1. The number of nitrogens with zero attached hydrogens (tertiary/aromatic N) is 3. The van der Waals surface area contributed by atoms with Crippen LogP contribution in [0.2, 0.25) is 0 Å². The van der Waals surface area contributed by atoms with E-state index in [9.17, 15) is 8.42 Å². The van der Waals surface area contributed by atoms with Crippen LogP contribution in [0.15, 0.2) is 27.7 Å². The molecule has 0 radical (unpaired) electrons. The molecule has 23 heavy (non-hydrogen) atoms. The predicted octanol–water partition coefficient (Wildman–Crippen LogP) is 1.41. The van der Waals surface area contributed by atoms with Gasteiger partial charge in [0.05, 0.1) is 0 Å². The minimum Gasteiger partial charge on any atom is -0.316 e. The Bertz CT molecular complexity index is 801. The van der Waals surface area contributed by atoms with Gasteiger partial charge in [-0.3, -0.25) is 0 Å². The molecule has 9 heteroatoms. The normalized spacial score (nSPS) is 25.7. The van der Waals surface area contributed by atoms with Crippen molar-refractivity contribution in [3.8, 4) is 0 Å². The third-order valence-corrected chi connectivity index (χ3v) is 6.71. The molecule has 3 heterocycles. The lowest BCUT2D eigenvalue weighted by molar-refractivity contribution is 0.225. The van der Waals surface area contributed by atoms with Crippen LogP contribution in [0.3, 0.4) is 0 Å². The molecule has 1 unspecified atom stereocenters. The minimum atomic E-state index is -3.57. The largest absolute Gasteiger partial charge is 0.316 e. The predicted molar refractivity (Wildman–Crippen MR) is 87.0 cm³/mol. The van der Waals surface area contributed by atoms with E-state index in [1.165, 1.54) is 0 Å². The molecule has 1 N–H and O–H groups in total. The van der Waals surface area contributed by atoms with Crippen LogP contribution in [0.5, 0.6) is 0 Å². The van der Waals surface area contributed by atoms with Crippen LogP contribution in [-0.4, -0.2) is 49.2 Å². The molecule has 1 spiro atoms. The number of fused-ring (bicyclic) bond motifs is 1. The number of hydrogen-bond acceptors (Lipinski definition) is 6. The molecular formula is C14H19ClN4O3S. The van der Waals surface area contributed by atoms with Crippen LogP contribution < -0.4 is 5.32 Å². The highest BCUT2D eigenvalue weighted by atomic mass is 35.5. The van der Waals surface area contributed by atoms with Crippen LogP contribution in [0.1, 0.15) is 19.3 Å². The van der Waals surface area contributed by atoms with E-state index in [-0.39, 0.29) is 22.7 Å². The molecule has 0 amide bonds. The highest BCUT2D eigenvalue weighted by molar-refractivity contribution is 7.89. The summed E-state index contributed by atoms with van der Waals surface area (Å²) >= 11 is 0. The van der Waals surface area contributed by atoms with Crippen LogP contribution in [-0.2, 0) is 10.0 Å². The number of piperidine rings is 1. The van der Waals surface area contributed by atoms with Crippen molar-refractivity contribution in [1.29, 1.82) is 0 Å². The molecular weight excluding hydrogens is 340 g/mol. The zero-order valence-corrected chi connectivity index (χ0v) is 14.2. The quantitative estimate of drug-likeness (QED) is 0.873. The third kappa shape index (κ3) is 2.73. The van der Waals surface area contributed by atoms with Gasteiger partial charge in [-0.25, -0.2) is 13.0 Å². The Morgan fingerprint density at radius 1 is 1.26 bits per heavy atom. The van der Waals surface area contributed by atoms with E-state index in [4.69, 9.17) is 0 Å². The molecule has 0 bridgehead atoms. The molecule has 2 saturated heterocycles. The molecule has 0 aliphatic carbocycles. The smallest absolute Gasteiger partial charge is 0.245 e. The first kappa shape index (κ1) is 16.6. The van der Waals surface area contributed by atoms with Crippen molar-refractivity contribution in [3.05, 3.63) is 18.2 Å². The zero-order chi connectivity index (χ0) is 15.2. The lowest BCUT2D eigenvalue weighted by atomic mass is 9.80. The first-order valence-corrected chi connectivity index (χ1v) is 8.97. The van der Waals surface area contributed by atoms with Gasteiger partial charge in [-0.05, 0) is 53.7 Å². The highest BCUT2D eigenvalue weighted by Gasteiger charge is 2.44. The summed E-state index contributed by atoms with van der Waals surface area (Å²) in [6, 6.07) is 4.95. The molecule has 2 fully saturated rings. The summed E-state index contributed by atoms with van der Waals surface area (Å²) in [6.07, 6.45) is 3.10. The van der Waals surface area contributed by atoms with E-state index >= 15 is 0 Å². The van der Waals surface area contributed by atoms with Crippen LogP contribution in [0, 0.1) is 5.41 Å². The minimum absolute atomic E-state index is 0. The number of aromatic nitrogens is 2. The Kier molecular flexibility index (Phi) is 4.35. The molecule has 1 atom stereocenters. The average Bonchev–Trinajstić information content (AvgIpc) is 3.15. The monoisotopic (exact) mass is 358 g/mol. The Balaban J connectivity index is 0.00000156. The fourth-order valence-corrected chi connectivity index (χ4v) is 5.30. The van der Waals surface area contributed by atoms with Crippen molar-refractivity contribution < 1.29 is 13.0 Å². The van der Waals surface area contributed by atoms with Crippen molar-refractivity contribution in [2.24, 2.45) is 5.41 Å². The second kappa shape index (κ2) is 6.01. The summed E-state index contributed by atoms with van der Waals surface area (Å²) in [5.74, 6) is 0. The third-order valence-electron chi connectivity index (χ3n) is 4.83. The molecule has 2 aliphatic heterocycles. The first-order chi connectivity index (χ1) is 10.6. The summed E-state index contributed by atoms with van der Waals surface area (Å²) in [7, 11) is -3.57. The van der Waals surface area contributed by atoms with E-state index in [0.717, 1.165) is 32.4 Å². The van der Waals surface area contributed by atoms with E-state index in [1.54, 1.807) is 22.5 Å². The van der Waals surface area contributed by atoms with Crippen molar-refractivity contribution in [3.63, 3.8) is 0 Å². The lowest BCUT2D eigenvalue weighted by Gasteiger charge is -2.33. The Hall–Kier alpha value is -1.22. The molecule has 1 aromatic carbocycles. The number of benzene rings is 1. The zero-order valence-electron chi connectivity index (χ0n) is 12.6. The van der Waals surface area contributed by atoms with Gasteiger partial charge in [0.1, 0.15) is 10.4 Å². The maximum atomic E-state index is 13.0. The van der Waals surface area contributed by atoms with Gasteiger partial charge in [0, 0.05) is 19.6 Å². The molecule has 4 rings (SSSR count). The summed E-state index contributed by atoms with van der Waals surface area (Å²) < 4.78 is 32.2. The number of hydrogen-bond donors (Lipinski definition) is 1. The van der Waals surface area contributed by atoms with Gasteiger partial charge in [-0.15, -0.1) is 12.4 Å². The van der Waals surface area contributed by atoms with Gasteiger partial charge >= 0.3 is 0 Å². The van der Waals surface area contributed by atoms with Crippen molar-refractivity contribution >= 4 is 33.5 Å². The van der Waals surface area contributed by atoms with Crippen LogP contribution >= 0.6 is 12.4 Å². The van der Waals surface area contributed by atoms with Gasteiger partial charge in [-0.2, -0.15) is 4.31 Å². The van der Waals surface area contributed by atoms with Gasteiger partial charge in [0.15, 0.2) is 5.52 Å². The standard InChI is InChI=1S/C14H18N4O3S.ClH/c19-22(20,12-4-1-3-11-13(12)17-21-16-11)18-8-6-14(10-18)5-2-7-15-9-14;/h1,3-4,15H,2,5-10H2;1H. The van der Waals surface area contributed by atoms with Gasteiger partial charge in [-0.1, -0.05) is 6.07 Å². The van der Waals surface area contributed by atoms with Crippen LogP contribution in [0.4, 0.5) is 0 Å². The fourth-order valence-electron chi connectivity index (χ4n) is 3.61. The molecule has 2 aliphatic rings. The van der Waals surface area contributed by atoms with Crippen LogP contribution in [0.25, 0.3) is 11.0 Å². The molecule has 126 valence electrons. The maximum Gasteiger partial charge on any atom is 0.245 e. The number of sulfonamides is 1. The molecule has 7 nitrogen and oxygen atoms in total. The maximum absolute atomic E-state index is 13.0. The van der Waals surface area contributed by atoms with Crippen molar-refractivity contribution in [1.82, 2.24) is 19.9 Å². The van der Waals surface area contributed by atoms with Gasteiger partial charge < -0.3 is 5.32 Å². The van der Waals surface area contributed by atoms with E-state index < -0.39 is 10.0 Å². The Morgan fingerprint density at radius 3 is 2.91 bits per heavy atom. The fraction of sp³-hybridized carbons (Fsp3) is 0.571. The molecule has 0 saturated carbocycles. The van der Waals surface area contributed by atoms with Crippen molar-refractivity contribution in [2.45, 2.75) is 24.2 Å². The van der Waals surface area contributed by atoms with E-state index in [0.29, 0.717) is 24.1 Å². The van der Waals surface area contributed by atoms with E-state index in [1.807, 2.05) is 0 Å². The van der Waals surface area contributed by atoms with Gasteiger partial charge in [0.2, 0.25) is 10.0 Å². The van der Waals surface area contributed by atoms with E-state index in [2.05, 4.69) is 20.3 Å². The molecule has 2 aromatic rings. The first-order valence-electron chi connectivity index (χ1n) is 7.53. The number of halogens is 1. The summed E-state index contributed by atoms with van der Waals surface area (Å²) in [4.78, 5) is 0.187. The molecule has 1 aromatic heterocycles. The summed E-state index contributed by atoms with van der Waals surface area (Å²) in [5.41, 5.74) is 0.862. The highest BCUT2D eigenvalue weighted by Crippen LogP contribution is 2.39. The van der Waals surface area contributed by atoms with Gasteiger partial charge in [0.25, 0.3) is 0 Å². The summed E-state index contributed by atoms with van der Waals surface area (Å²) in [5, 5.41) is 10.9. The lowest BCUT2D eigenvalue weighted by Crippen LogP contribution is -2.42. The Labute approximate surface area is 140 Å². The summed E-state index contributed by atoms with van der Waals surface area (Å²) in [6.45, 7) is 3.06. The number of rotatable bonds is 2. The second-order valence-electron chi connectivity index (χ2n) is 6.26. The second-order valence-corrected chi connectivity index (χ2v) is 8.16. The SMILES string of the molecule is Cl.O=S(=O)(c1cccc2nonc12)N1CCC2(CCCNC2)C1. The topological polar surface area (TPSA) is 88.3 Å². The Morgan fingerprint density at radius 2 is 2.13 bits per heavy atom.